The van der Waals surface area contributed by atoms with Gasteiger partial charge in [-0.15, -0.1) is 5.10 Å². The first-order valence-electron chi connectivity index (χ1n) is 6.13. The molecule has 5 heteroatoms. The molecular weight excluding hydrogens is 258 g/mol. The maximum atomic E-state index is 10.6. The summed E-state index contributed by atoms with van der Waals surface area (Å²) in [5, 5.41) is 16.7. The Morgan fingerprint density at radius 1 is 1.26 bits per heavy atom. The van der Waals surface area contributed by atoms with Crippen molar-refractivity contribution in [1.29, 1.82) is 0 Å². The molecule has 2 aromatic heterocycles. The minimum atomic E-state index is -0.714. The Morgan fingerprint density at radius 3 is 2.95 bits per heavy atom. The zero-order valence-electron chi connectivity index (χ0n) is 10.4. The third-order valence-electron chi connectivity index (χ3n) is 3.16. The van der Waals surface area contributed by atoms with Crippen molar-refractivity contribution in [2.45, 2.75) is 19.4 Å². The molecule has 1 atom stereocenters. The summed E-state index contributed by atoms with van der Waals surface area (Å²) in [6, 6.07) is 7.91. The van der Waals surface area contributed by atoms with Gasteiger partial charge in [0.1, 0.15) is 6.10 Å². The minimum Gasteiger partial charge on any atom is -0.383 e. The summed E-state index contributed by atoms with van der Waals surface area (Å²) < 4.78 is 3.93. The average molecular weight is 271 g/mol. The van der Waals surface area contributed by atoms with Crippen molar-refractivity contribution in [3.63, 3.8) is 0 Å². The summed E-state index contributed by atoms with van der Waals surface area (Å²) in [4.78, 5) is 5.01. The zero-order chi connectivity index (χ0) is 13.2. The maximum absolute atomic E-state index is 10.6. The number of pyridine rings is 1. The number of fused-ring (bicyclic) bond motifs is 1. The van der Waals surface area contributed by atoms with Crippen molar-refractivity contribution < 1.29 is 5.11 Å². The van der Waals surface area contributed by atoms with Gasteiger partial charge in [0.15, 0.2) is 0 Å². The molecule has 0 saturated heterocycles. The van der Waals surface area contributed by atoms with E-state index in [1.165, 1.54) is 11.5 Å². The minimum absolute atomic E-state index is 0.714. The highest BCUT2D eigenvalue weighted by Crippen LogP contribution is 2.31. The molecule has 1 aromatic carbocycles. The summed E-state index contributed by atoms with van der Waals surface area (Å²) in [6.07, 6.45) is 3.57. The maximum Gasteiger partial charge on any atom is 0.119 e. The van der Waals surface area contributed by atoms with E-state index in [2.05, 4.69) is 14.6 Å². The molecule has 0 saturated carbocycles. The fraction of sp³-hybridized carbons (Fsp3) is 0.214. The lowest BCUT2D eigenvalue weighted by Crippen LogP contribution is -2.02. The van der Waals surface area contributed by atoms with Crippen LogP contribution in [0.25, 0.3) is 10.8 Å². The number of aliphatic hydroxyl groups is 1. The lowest BCUT2D eigenvalue weighted by Gasteiger charge is -2.12. The van der Waals surface area contributed by atoms with Crippen LogP contribution in [0, 0.1) is 0 Å². The van der Waals surface area contributed by atoms with Gasteiger partial charge >= 0.3 is 0 Å². The van der Waals surface area contributed by atoms with Crippen LogP contribution in [0.5, 0.6) is 0 Å². The van der Waals surface area contributed by atoms with Gasteiger partial charge in [0.25, 0.3) is 0 Å². The number of aryl methyl sites for hydroxylation is 1. The molecule has 1 N–H and O–H groups in total. The Hall–Kier alpha value is -1.85. The number of hydrogen-bond donors (Lipinski definition) is 1. The summed E-state index contributed by atoms with van der Waals surface area (Å²) >= 11 is 1.25. The first-order chi connectivity index (χ1) is 9.31. The molecule has 0 radical (unpaired) electrons. The molecular formula is C14H13N3OS. The number of aliphatic hydroxyl groups excluding tert-OH is 1. The predicted octanol–water partition coefficient (Wildman–Crippen LogP) is 2.73. The van der Waals surface area contributed by atoms with Gasteiger partial charge in [-0.1, -0.05) is 35.7 Å². The highest BCUT2D eigenvalue weighted by atomic mass is 32.1. The molecule has 0 aliphatic rings. The Bertz CT molecular complexity index is 705. The van der Waals surface area contributed by atoms with E-state index in [4.69, 9.17) is 0 Å². The van der Waals surface area contributed by atoms with E-state index in [0.29, 0.717) is 0 Å². The third kappa shape index (κ3) is 2.11. The number of hydrogen-bond acceptors (Lipinski definition) is 5. The number of benzene rings is 1. The van der Waals surface area contributed by atoms with Crippen molar-refractivity contribution in [2.24, 2.45) is 0 Å². The van der Waals surface area contributed by atoms with Crippen LogP contribution in [0.2, 0.25) is 0 Å². The number of nitrogens with zero attached hydrogens (tertiary/aromatic N) is 3. The van der Waals surface area contributed by atoms with E-state index in [-0.39, 0.29) is 0 Å². The van der Waals surface area contributed by atoms with Crippen molar-refractivity contribution in [3.8, 4) is 0 Å². The van der Waals surface area contributed by atoms with Crippen molar-refractivity contribution in [1.82, 2.24) is 14.6 Å². The van der Waals surface area contributed by atoms with E-state index in [1.54, 1.807) is 12.4 Å². The standard InChI is InChI=1S/C14H13N3OS/c1-2-12-14(19-17-16-12)13(18)11-8-15-7-9-5-3-4-6-10(9)11/h3-8,13,18H,2H2,1H3. The fourth-order valence-corrected chi connectivity index (χ4v) is 2.91. The largest absolute Gasteiger partial charge is 0.383 e. The summed E-state index contributed by atoms with van der Waals surface area (Å²) in [5.74, 6) is 0. The Morgan fingerprint density at radius 2 is 2.11 bits per heavy atom. The van der Waals surface area contributed by atoms with E-state index in [1.807, 2.05) is 31.2 Å². The van der Waals surface area contributed by atoms with Crippen LogP contribution in [0.15, 0.2) is 36.7 Å². The highest BCUT2D eigenvalue weighted by Gasteiger charge is 2.19. The predicted molar refractivity (Wildman–Crippen MR) is 75.1 cm³/mol. The van der Waals surface area contributed by atoms with Crippen molar-refractivity contribution >= 4 is 22.3 Å². The molecule has 96 valence electrons. The Labute approximate surface area is 114 Å². The van der Waals surface area contributed by atoms with Gasteiger partial charge < -0.3 is 5.11 Å². The van der Waals surface area contributed by atoms with E-state index < -0.39 is 6.10 Å². The average Bonchev–Trinajstić information content (AvgIpc) is 2.94. The first-order valence-corrected chi connectivity index (χ1v) is 6.90. The van der Waals surface area contributed by atoms with Crippen LogP contribution in [-0.2, 0) is 6.42 Å². The molecule has 0 amide bonds. The van der Waals surface area contributed by atoms with Crippen LogP contribution < -0.4 is 0 Å². The van der Waals surface area contributed by atoms with Crippen LogP contribution in [0.1, 0.15) is 29.2 Å². The summed E-state index contributed by atoms with van der Waals surface area (Å²) in [7, 11) is 0. The number of aromatic nitrogens is 3. The van der Waals surface area contributed by atoms with Gasteiger partial charge in [-0.2, -0.15) is 0 Å². The molecule has 3 aromatic rings. The normalized spacial score (nSPS) is 12.7. The zero-order valence-corrected chi connectivity index (χ0v) is 11.3. The molecule has 0 aliphatic heterocycles. The van der Waals surface area contributed by atoms with Gasteiger partial charge in [-0.05, 0) is 23.3 Å². The Kier molecular flexibility index (Phi) is 3.23. The molecule has 2 heterocycles. The highest BCUT2D eigenvalue weighted by molar-refractivity contribution is 7.05. The second-order valence-corrected chi connectivity index (χ2v) is 5.08. The summed E-state index contributed by atoms with van der Waals surface area (Å²) in [6.45, 7) is 2.01. The van der Waals surface area contributed by atoms with E-state index in [0.717, 1.165) is 33.3 Å². The van der Waals surface area contributed by atoms with Gasteiger partial charge in [0.2, 0.25) is 0 Å². The molecule has 19 heavy (non-hydrogen) atoms. The van der Waals surface area contributed by atoms with Gasteiger partial charge in [0, 0.05) is 23.3 Å². The second-order valence-electron chi connectivity index (χ2n) is 4.29. The molecule has 3 rings (SSSR count). The molecule has 4 nitrogen and oxygen atoms in total. The van der Waals surface area contributed by atoms with Gasteiger partial charge in [-0.25, -0.2) is 0 Å². The molecule has 0 fully saturated rings. The lowest BCUT2D eigenvalue weighted by molar-refractivity contribution is 0.224. The molecule has 0 aliphatic carbocycles. The SMILES string of the molecule is CCc1nnsc1C(O)c1cncc2ccccc12. The Balaban J connectivity index is 2.14. The van der Waals surface area contributed by atoms with Crippen LogP contribution in [-0.4, -0.2) is 19.7 Å². The van der Waals surface area contributed by atoms with E-state index in [9.17, 15) is 5.11 Å². The molecule has 1 unspecified atom stereocenters. The van der Waals surface area contributed by atoms with Crippen LogP contribution in [0.3, 0.4) is 0 Å². The fourth-order valence-electron chi connectivity index (χ4n) is 2.17. The number of rotatable bonds is 3. The lowest BCUT2D eigenvalue weighted by atomic mass is 10.0. The third-order valence-corrected chi connectivity index (χ3v) is 3.98. The first kappa shape index (κ1) is 12.2. The van der Waals surface area contributed by atoms with Gasteiger partial charge in [0.05, 0.1) is 10.6 Å². The smallest absolute Gasteiger partial charge is 0.119 e. The molecule has 0 bridgehead atoms. The van der Waals surface area contributed by atoms with Crippen molar-refractivity contribution in [3.05, 3.63) is 52.8 Å². The molecule has 0 spiro atoms. The second kappa shape index (κ2) is 5.03. The summed E-state index contributed by atoms with van der Waals surface area (Å²) in [5.41, 5.74) is 1.66. The van der Waals surface area contributed by atoms with Crippen LogP contribution >= 0.6 is 11.5 Å². The van der Waals surface area contributed by atoms with Crippen LogP contribution in [0.4, 0.5) is 0 Å². The van der Waals surface area contributed by atoms with E-state index >= 15 is 0 Å². The van der Waals surface area contributed by atoms with Gasteiger partial charge in [-0.3, -0.25) is 4.98 Å². The monoisotopic (exact) mass is 271 g/mol. The quantitative estimate of drug-likeness (QED) is 0.795. The topological polar surface area (TPSA) is 58.9 Å². The van der Waals surface area contributed by atoms with Crippen molar-refractivity contribution in [2.75, 3.05) is 0 Å².